The molecule has 0 aliphatic carbocycles. The van der Waals surface area contributed by atoms with Crippen LogP contribution in [0.1, 0.15) is 32.8 Å². The van der Waals surface area contributed by atoms with Gasteiger partial charge in [0.1, 0.15) is 23.4 Å². The first-order valence-corrected chi connectivity index (χ1v) is 9.95. The van der Waals surface area contributed by atoms with Crippen molar-refractivity contribution in [1.82, 2.24) is 10.2 Å². The summed E-state index contributed by atoms with van der Waals surface area (Å²) in [5.41, 5.74) is 0.856. The monoisotopic (exact) mass is 416 g/mol. The second-order valence-corrected chi connectivity index (χ2v) is 7.11. The highest BCUT2D eigenvalue weighted by Gasteiger charge is 2.27. The molecule has 0 saturated heterocycles. The third kappa shape index (κ3) is 6.76. The molecule has 30 heavy (non-hydrogen) atoms. The number of nitrogens with one attached hydrogen (secondary N) is 1. The average Bonchev–Trinajstić information content (AvgIpc) is 2.76. The number of nitrogens with zero attached hydrogens (tertiary/aromatic N) is 1. The average molecular weight is 416 g/mol. The van der Waals surface area contributed by atoms with Gasteiger partial charge in [0.2, 0.25) is 5.91 Å². The second-order valence-electron chi connectivity index (χ2n) is 7.11. The number of carbonyl (C=O) groups is 2. The molecule has 0 fully saturated rings. The zero-order valence-corrected chi connectivity index (χ0v) is 17.9. The number of hydrogen-bond acceptors (Lipinski definition) is 4. The Morgan fingerprint density at radius 2 is 1.63 bits per heavy atom. The van der Waals surface area contributed by atoms with Gasteiger partial charge in [0, 0.05) is 12.6 Å². The van der Waals surface area contributed by atoms with Gasteiger partial charge < -0.3 is 19.7 Å². The molecule has 0 unspecified atom stereocenters. The van der Waals surface area contributed by atoms with Gasteiger partial charge in [-0.1, -0.05) is 19.1 Å². The SMILES string of the molecule is CC[C@H](C)NC(=O)[C@@H](C)N(Cc1ccc(OC)cc1)C(=O)COc1ccc(F)cc1. The first kappa shape index (κ1) is 23.2. The summed E-state index contributed by atoms with van der Waals surface area (Å²) < 4.78 is 23.7. The fourth-order valence-electron chi connectivity index (χ4n) is 2.73. The topological polar surface area (TPSA) is 67.9 Å². The fraction of sp³-hybridized carbons (Fsp3) is 0.391. The number of amides is 2. The van der Waals surface area contributed by atoms with E-state index < -0.39 is 6.04 Å². The van der Waals surface area contributed by atoms with E-state index in [1.54, 1.807) is 26.2 Å². The van der Waals surface area contributed by atoms with E-state index in [0.717, 1.165) is 12.0 Å². The molecule has 2 aromatic carbocycles. The van der Waals surface area contributed by atoms with Crippen molar-refractivity contribution in [2.75, 3.05) is 13.7 Å². The van der Waals surface area contributed by atoms with E-state index in [1.807, 2.05) is 26.0 Å². The Labute approximate surface area is 177 Å². The molecule has 0 aromatic heterocycles. The zero-order valence-electron chi connectivity index (χ0n) is 17.9. The van der Waals surface area contributed by atoms with Crippen LogP contribution in [0.15, 0.2) is 48.5 Å². The van der Waals surface area contributed by atoms with Crippen LogP contribution in [0, 0.1) is 5.82 Å². The van der Waals surface area contributed by atoms with E-state index in [2.05, 4.69) is 5.32 Å². The van der Waals surface area contributed by atoms with Crippen molar-refractivity contribution in [2.45, 2.75) is 45.8 Å². The first-order valence-electron chi connectivity index (χ1n) is 9.95. The Bertz CT molecular complexity index is 824. The summed E-state index contributed by atoms with van der Waals surface area (Å²) in [6, 6.07) is 12.0. The summed E-state index contributed by atoms with van der Waals surface area (Å²) >= 11 is 0. The van der Waals surface area contributed by atoms with Gasteiger partial charge in [-0.3, -0.25) is 9.59 Å². The summed E-state index contributed by atoms with van der Waals surface area (Å²) in [7, 11) is 1.58. The second kappa shape index (κ2) is 11.2. The molecule has 6 nitrogen and oxygen atoms in total. The number of hydrogen-bond donors (Lipinski definition) is 1. The van der Waals surface area contributed by atoms with Crippen LogP contribution in [0.3, 0.4) is 0 Å². The largest absolute Gasteiger partial charge is 0.497 e. The summed E-state index contributed by atoms with van der Waals surface area (Å²) in [5.74, 6) is 0.129. The highest BCUT2D eigenvalue weighted by atomic mass is 19.1. The Morgan fingerprint density at radius 1 is 1.03 bits per heavy atom. The van der Waals surface area contributed by atoms with Crippen LogP contribution in [-0.2, 0) is 16.1 Å². The zero-order chi connectivity index (χ0) is 22.1. The molecule has 2 aromatic rings. The van der Waals surface area contributed by atoms with Crippen LogP contribution in [0.25, 0.3) is 0 Å². The van der Waals surface area contributed by atoms with E-state index in [1.165, 1.54) is 29.2 Å². The van der Waals surface area contributed by atoms with Crippen molar-refractivity contribution in [1.29, 1.82) is 0 Å². The Balaban J connectivity index is 2.14. The van der Waals surface area contributed by atoms with Crippen molar-refractivity contribution < 1.29 is 23.5 Å². The molecule has 0 aliphatic heterocycles. The van der Waals surface area contributed by atoms with Crippen LogP contribution in [0.2, 0.25) is 0 Å². The first-order chi connectivity index (χ1) is 14.3. The van der Waals surface area contributed by atoms with Crippen molar-refractivity contribution >= 4 is 11.8 Å². The fourth-order valence-corrected chi connectivity index (χ4v) is 2.73. The molecular weight excluding hydrogens is 387 g/mol. The molecule has 2 rings (SSSR count). The van der Waals surface area contributed by atoms with Gasteiger partial charge in [0.05, 0.1) is 7.11 Å². The van der Waals surface area contributed by atoms with Crippen LogP contribution < -0.4 is 14.8 Å². The van der Waals surface area contributed by atoms with Crippen LogP contribution in [0.4, 0.5) is 4.39 Å². The van der Waals surface area contributed by atoms with Gasteiger partial charge in [-0.15, -0.1) is 0 Å². The molecule has 0 radical (unpaired) electrons. The third-order valence-corrected chi connectivity index (χ3v) is 4.86. The lowest BCUT2D eigenvalue weighted by molar-refractivity contribution is -0.142. The summed E-state index contributed by atoms with van der Waals surface area (Å²) in [6.07, 6.45) is 0.790. The maximum atomic E-state index is 13.1. The number of halogens is 1. The number of carbonyl (C=O) groups excluding carboxylic acids is 2. The lowest BCUT2D eigenvalue weighted by atomic mass is 10.1. The molecule has 162 valence electrons. The Hall–Kier alpha value is -3.09. The molecule has 0 aliphatic rings. The minimum atomic E-state index is -0.689. The Kier molecular flexibility index (Phi) is 8.65. The Morgan fingerprint density at radius 3 is 2.20 bits per heavy atom. The molecule has 0 heterocycles. The van der Waals surface area contributed by atoms with E-state index in [0.29, 0.717) is 11.5 Å². The van der Waals surface area contributed by atoms with Crippen LogP contribution >= 0.6 is 0 Å². The maximum Gasteiger partial charge on any atom is 0.261 e. The van der Waals surface area contributed by atoms with Gasteiger partial charge in [0.15, 0.2) is 6.61 Å². The van der Waals surface area contributed by atoms with Crippen molar-refractivity contribution in [3.8, 4) is 11.5 Å². The minimum Gasteiger partial charge on any atom is -0.497 e. The molecular formula is C23H29FN2O4. The molecule has 0 spiro atoms. The lowest BCUT2D eigenvalue weighted by Crippen LogP contribution is -2.50. The summed E-state index contributed by atoms with van der Waals surface area (Å²) in [5, 5.41) is 2.91. The standard InChI is InChI=1S/C23H29FN2O4/c1-5-16(2)25-23(28)17(3)26(14-18-6-10-20(29-4)11-7-18)22(27)15-30-21-12-8-19(24)9-13-21/h6-13,16-17H,5,14-15H2,1-4H3,(H,25,28)/t16-,17+/m0/s1. The van der Waals surface area contributed by atoms with E-state index in [4.69, 9.17) is 9.47 Å². The highest BCUT2D eigenvalue weighted by Crippen LogP contribution is 2.16. The number of rotatable bonds is 10. The van der Waals surface area contributed by atoms with Gasteiger partial charge >= 0.3 is 0 Å². The highest BCUT2D eigenvalue weighted by molar-refractivity contribution is 5.88. The van der Waals surface area contributed by atoms with Gasteiger partial charge in [-0.05, 0) is 62.2 Å². The lowest BCUT2D eigenvalue weighted by Gasteiger charge is -2.29. The van der Waals surface area contributed by atoms with Gasteiger partial charge in [-0.2, -0.15) is 0 Å². The summed E-state index contributed by atoms with van der Waals surface area (Å²) in [4.78, 5) is 27.1. The number of benzene rings is 2. The molecule has 0 saturated carbocycles. The predicted octanol–water partition coefficient (Wildman–Crippen LogP) is 3.55. The number of methoxy groups -OCH3 is 1. The maximum absolute atomic E-state index is 13.1. The van der Waals surface area contributed by atoms with E-state index in [-0.39, 0.29) is 36.8 Å². The van der Waals surface area contributed by atoms with Gasteiger partial charge in [0.25, 0.3) is 5.91 Å². The number of ether oxygens (including phenoxy) is 2. The quantitative estimate of drug-likeness (QED) is 0.643. The smallest absolute Gasteiger partial charge is 0.261 e. The molecule has 1 N–H and O–H groups in total. The molecule has 7 heteroatoms. The van der Waals surface area contributed by atoms with Crippen LogP contribution in [-0.4, -0.2) is 42.5 Å². The van der Waals surface area contributed by atoms with Gasteiger partial charge in [-0.25, -0.2) is 4.39 Å². The normalized spacial score (nSPS) is 12.6. The molecule has 0 bridgehead atoms. The molecule has 2 amide bonds. The third-order valence-electron chi connectivity index (χ3n) is 4.86. The van der Waals surface area contributed by atoms with Crippen molar-refractivity contribution in [2.24, 2.45) is 0 Å². The molecule has 2 atom stereocenters. The van der Waals surface area contributed by atoms with Crippen molar-refractivity contribution in [3.63, 3.8) is 0 Å². The van der Waals surface area contributed by atoms with E-state index in [9.17, 15) is 14.0 Å². The predicted molar refractivity (Wildman–Crippen MR) is 113 cm³/mol. The van der Waals surface area contributed by atoms with E-state index >= 15 is 0 Å². The minimum absolute atomic E-state index is 0.00773. The van der Waals surface area contributed by atoms with Crippen molar-refractivity contribution in [3.05, 3.63) is 59.9 Å². The van der Waals surface area contributed by atoms with Crippen LogP contribution in [0.5, 0.6) is 11.5 Å². The summed E-state index contributed by atoms with van der Waals surface area (Å²) in [6.45, 7) is 5.56.